The highest BCUT2D eigenvalue weighted by molar-refractivity contribution is 7.80. The Bertz CT molecular complexity index is 458. The molecule has 19 heavy (non-hydrogen) atoms. The van der Waals surface area contributed by atoms with E-state index in [1.54, 1.807) is 6.07 Å². The molecule has 0 aromatic heterocycles. The van der Waals surface area contributed by atoms with Gasteiger partial charge in [0.15, 0.2) is 0 Å². The zero-order chi connectivity index (χ0) is 13.8. The van der Waals surface area contributed by atoms with Crippen molar-refractivity contribution in [2.75, 3.05) is 25.0 Å². The van der Waals surface area contributed by atoms with E-state index in [0.717, 1.165) is 25.3 Å². The molecule has 0 saturated carbocycles. The van der Waals surface area contributed by atoms with Gasteiger partial charge < -0.3 is 11.1 Å². The molecule has 1 aliphatic rings. The van der Waals surface area contributed by atoms with Crippen molar-refractivity contribution in [3.8, 4) is 0 Å². The summed E-state index contributed by atoms with van der Waals surface area (Å²) < 4.78 is 13.2. The molecular formula is C14H20FN3S. The molecule has 1 heterocycles. The highest BCUT2D eigenvalue weighted by Gasteiger charge is 2.18. The zero-order valence-electron chi connectivity index (χ0n) is 11.2. The highest BCUT2D eigenvalue weighted by Crippen LogP contribution is 2.18. The van der Waals surface area contributed by atoms with Crippen molar-refractivity contribution in [1.82, 2.24) is 4.90 Å². The number of benzene rings is 1. The number of nitrogens with two attached hydrogens (primary N) is 1. The molecule has 5 heteroatoms. The minimum Gasteiger partial charge on any atom is -0.389 e. The molecule has 3 N–H and O–H groups in total. The first-order valence-corrected chi connectivity index (χ1v) is 7.06. The third-order valence-electron chi connectivity index (χ3n) is 3.60. The lowest BCUT2D eigenvalue weighted by atomic mass is 10.1. The lowest BCUT2D eigenvalue weighted by Crippen LogP contribution is -2.35. The van der Waals surface area contributed by atoms with Gasteiger partial charge in [0.1, 0.15) is 10.8 Å². The Balaban J connectivity index is 2.00. The van der Waals surface area contributed by atoms with E-state index in [2.05, 4.69) is 17.1 Å². The molecule has 1 fully saturated rings. The van der Waals surface area contributed by atoms with Crippen LogP contribution in [0.25, 0.3) is 0 Å². The summed E-state index contributed by atoms with van der Waals surface area (Å²) >= 11 is 4.96. The largest absolute Gasteiger partial charge is 0.389 e. The van der Waals surface area contributed by atoms with Crippen molar-refractivity contribution in [2.24, 2.45) is 5.73 Å². The molecule has 104 valence electrons. The summed E-state index contributed by atoms with van der Waals surface area (Å²) in [5, 5.41) is 3.32. The molecule has 0 aliphatic carbocycles. The molecule has 1 aromatic carbocycles. The number of hydrogen-bond acceptors (Lipinski definition) is 3. The average molecular weight is 281 g/mol. The average Bonchev–Trinajstić information content (AvgIpc) is 2.90. The second-order valence-corrected chi connectivity index (χ2v) is 5.47. The van der Waals surface area contributed by atoms with E-state index >= 15 is 0 Å². The van der Waals surface area contributed by atoms with E-state index < -0.39 is 0 Å². The number of anilines is 1. The standard InChI is InChI=1S/C14H20FN3S/c1-10(18-6-2-3-7-18)9-17-13-5-4-11(15)8-12(13)14(16)19/h4-5,8,10,17H,2-3,6-7,9H2,1H3,(H2,16,19). The zero-order valence-corrected chi connectivity index (χ0v) is 12.0. The number of nitrogens with zero attached hydrogens (tertiary/aromatic N) is 1. The van der Waals surface area contributed by atoms with Crippen LogP contribution in [0, 0.1) is 5.82 Å². The van der Waals surface area contributed by atoms with Crippen molar-refractivity contribution in [1.29, 1.82) is 0 Å². The Morgan fingerprint density at radius 2 is 2.16 bits per heavy atom. The first-order valence-electron chi connectivity index (χ1n) is 6.65. The number of nitrogens with one attached hydrogen (secondary N) is 1. The summed E-state index contributed by atoms with van der Waals surface area (Å²) in [6, 6.07) is 4.95. The van der Waals surface area contributed by atoms with E-state index in [9.17, 15) is 4.39 Å². The fraction of sp³-hybridized carbons (Fsp3) is 0.500. The fourth-order valence-electron chi connectivity index (χ4n) is 2.44. The van der Waals surface area contributed by atoms with Gasteiger partial charge in [-0.3, -0.25) is 4.90 Å². The van der Waals surface area contributed by atoms with Crippen LogP contribution in [-0.4, -0.2) is 35.6 Å². The second kappa shape index (κ2) is 6.30. The van der Waals surface area contributed by atoms with Crippen LogP contribution in [0.5, 0.6) is 0 Å². The van der Waals surface area contributed by atoms with Gasteiger partial charge in [-0.15, -0.1) is 0 Å². The van der Waals surface area contributed by atoms with Gasteiger partial charge in [-0.05, 0) is 51.1 Å². The molecule has 0 amide bonds. The van der Waals surface area contributed by atoms with E-state index in [1.807, 2.05) is 0 Å². The Labute approximate surface area is 119 Å². The van der Waals surface area contributed by atoms with E-state index in [0.29, 0.717) is 11.6 Å². The topological polar surface area (TPSA) is 41.3 Å². The predicted octanol–water partition coefficient (Wildman–Crippen LogP) is 2.36. The van der Waals surface area contributed by atoms with Crippen molar-refractivity contribution in [3.63, 3.8) is 0 Å². The molecular weight excluding hydrogens is 261 g/mol. The molecule has 1 atom stereocenters. The summed E-state index contributed by atoms with van der Waals surface area (Å²) in [5.41, 5.74) is 7.00. The molecule has 3 nitrogen and oxygen atoms in total. The summed E-state index contributed by atoms with van der Waals surface area (Å²) in [4.78, 5) is 2.67. The van der Waals surface area contributed by atoms with Gasteiger partial charge in [0.2, 0.25) is 0 Å². The second-order valence-electron chi connectivity index (χ2n) is 5.03. The first-order chi connectivity index (χ1) is 9.08. The van der Waals surface area contributed by atoms with Gasteiger partial charge in [0.05, 0.1) is 0 Å². The van der Waals surface area contributed by atoms with Gasteiger partial charge >= 0.3 is 0 Å². The molecule has 1 saturated heterocycles. The van der Waals surface area contributed by atoms with Gasteiger partial charge in [0, 0.05) is 23.8 Å². The number of thiocarbonyl (C=S) groups is 1. The van der Waals surface area contributed by atoms with Crippen LogP contribution in [0.15, 0.2) is 18.2 Å². The van der Waals surface area contributed by atoms with Crippen LogP contribution < -0.4 is 11.1 Å². The number of rotatable bonds is 5. The monoisotopic (exact) mass is 281 g/mol. The number of halogens is 1. The van der Waals surface area contributed by atoms with Crippen LogP contribution in [0.2, 0.25) is 0 Å². The lowest BCUT2D eigenvalue weighted by Gasteiger charge is -2.24. The van der Waals surface area contributed by atoms with Crippen molar-refractivity contribution >= 4 is 22.9 Å². The van der Waals surface area contributed by atoms with Crippen molar-refractivity contribution < 1.29 is 4.39 Å². The maximum absolute atomic E-state index is 13.2. The number of hydrogen-bond donors (Lipinski definition) is 2. The molecule has 1 unspecified atom stereocenters. The maximum Gasteiger partial charge on any atom is 0.124 e. The minimum absolute atomic E-state index is 0.218. The van der Waals surface area contributed by atoms with E-state index in [-0.39, 0.29) is 10.8 Å². The van der Waals surface area contributed by atoms with Crippen molar-refractivity contribution in [3.05, 3.63) is 29.6 Å². The number of likely N-dealkylation sites (tertiary alicyclic amines) is 1. The van der Waals surface area contributed by atoms with Crippen molar-refractivity contribution in [2.45, 2.75) is 25.8 Å². The Kier molecular flexibility index (Phi) is 4.71. The Morgan fingerprint density at radius 1 is 1.47 bits per heavy atom. The normalized spacial score (nSPS) is 17.4. The molecule has 0 bridgehead atoms. The van der Waals surface area contributed by atoms with E-state index in [1.165, 1.54) is 25.0 Å². The van der Waals surface area contributed by atoms with Crippen LogP contribution in [0.4, 0.5) is 10.1 Å². The van der Waals surface area contributed by atoms with Crippen LogP contribution in [-0.2, 0) is 0 Å². The Hall–Kier alpha value is -1.20. The summed E-state index contributed by atoms with van der Waals surface area (Å²) in [5.74, 6) is -0.319. The smallest absolute Gasteiger partial charge is 0.124 e. The molecule has 0 spiro atoms. The first kappa shape index (κ1) is 14.2. The predicted molar refractivity (Wildman–Crippen MR) is 81.0 cm³/mol. The van der Waals surface area contributed by atoms with Crippen LogP contribution in [0.1, 0.15) is 25.3 Å². The molecule has 1 aliphatic heterocycles. The fourth-order valence-corrected chi connectivity index (χ4v) is 2.61. The molecule has 0 radical (unpaired) electrons. The maximum atomic E-state index is 13.2. The van der Waals surface area contributed by atoms with Crippen LogP contribution >= 0.6 is 12.2 Å². The quantitative estimate of drug-likeness (QED) is 0.813. The third-order valence-corrected chi connectivity index (χ3v) is 3.82. The highest BCUT2D eigenvalue weighted by atomic mass is 32.1. The molecule has 1 aromatic rings. The van der Waals surface area contributed by atoms with Crippen LogP contribution in [0.3, 0.4) is 0 Å². The van der Waals surface area contributed by atoms with Gasteiger partial charge in [-0.25, -0.2) is 4.39 Å². The van der Waals surface area contributed by atoms with Gasteiger partial charge in [-0.2, -0.15) is 0 Å². The third kappa shape index (κ3) is 3.64. The molecule has 2 rings (SSSR count). The van der Waals surface area contributed by atoms with Gasteiger partial charge in [0.25, 0.3) is 0 Å². The lowest BCUT2D eigenvalue weighted by molar-refractivity contribution is 0.269. The SMILES string of the molecule is CC(CNc1ccc(F)cc1C(N)=S)N1CCCC1. The Morgan fingerprint density at radius 3 is 2.79 bits per heavy atom. The van der Waals surface area contributed by atoms with Gasteiger partial charge in [-0.1, -0.05) is 12.2 Å². The van der Waals surface area contributed by atoms with E-state index in [4.69, 9.17) is 18.0 Å². The summed E-state index contributed by atoms with van der Waals surface area (Å²) in [7, 11) is 0. The summed E-state index contributed by atoms with van der Waals surface area (Å²) in [6.45, 7) is 5.33. The minimum atomic E-state index is -0.319. The summed E-state index contributed by atoms with van der Waals surface area (Å²) in [6.07, 6.45) is 2.55.